The molecule has 1 amide bonds. The number of fused-ring (bicyclic) bond motifs is 1. The molecule has 0 saturated heterocycles. The van der Waals surface area contributed by atoms with Crippen molar-refractivity contribution in [2.75, 3.05) is 5.32 Å². The van der Waals surface area contributed by atoms with E-state index in [1.807, 2.05) is 13.8 Å². The molecular weight excluding hydrogens is 358 g/mol. The molecule has 2 aromatic heterocycles. The van der Waals surface area contributed by atoms with Gasteiger partial charge in [0.1, 0.15) is 5.01 Å². The molecule has 2 heterocycles. The van der Waals surface area contributed by atoms with E-state index < -0.39 is 5.25 Å². The fourth-order valence-electron chi connectivity index (χ4n) is 2.58. The molecule has 0 radical (unpaired) electrons. The Morgan fingerprint density at radius 2 is 2.00 bits per heavy atom. The predicted octanol–water partition coefficient (Wildman–Crippen LogP) is 2.74. The molecule has 0 spiro atoms. The van der Waals surface area contributed by atoms with Crippen LogP contribution < -0.4 is 10.9 Å². The summed E-state index contributed by atoms with van der Waals surface area (Å²) in [6.07, 6.45) is 3.70. The summed E-state index contributed by atoms with van der Waals surface area (Å²) in [5, 5.41) is 12.3. The summed E-state index contributed by atoms with van der Waals surface area (Å²) in [6, 6.07) is 0. The maximum Gasteiger partial charge on any atom is 0.254 e. The van der Waals surface area contributed by atoms with E-state index in [2.05, 4.69) is 25.5 Å². The lowest BCUT2D eigenvalue weighted by Gasteiger charge is -2.15. The van der Waals surface area contributed by atoms with Crippen molar-refractivity contribution in [2.45, 2.75) is 62.8 Å². The van der Waals surface area contributed by atoms with Crippen molar-refractivity contribution in [1.82, 2.24) is 20.2 Å². The van der Waals surface area contributed by atoms with Crippen molar-refractivity contribution >= 4 is 34.1 Å². The minimum atomic E-state index is -0.406. The van der Waals surface area contributed by atoms with Gasteiger partial charge in [0.25, 0.3) is 5.56 Å². The normalized spacial score (nSPS) is 15.0. The van der Waals surface area contributed by atoms with Gasteiger partial charge in [-0.05, 0) is 32.6 Å². The first-order chi connectivity index (χ1) is 11.9. The van der Waals surface area contributed by atoms with Crippen molar-refractivity contribution in [3.63, 3.8) is 0 Å². The monoisotopic (exact) mass is 379 g/mol. The van der Waals surface area contributed by atoms with E-state index in [-0.39, 0.29) is 17.4 Å². The summed E-state index contributed by atoms with van der Waals surface area (Å²) in [7, 11) is 0. The van der Waals surface area contributed by atoms with Crippen LogP contribution in [0.2, 0.25) is 0 Å². The average Bonchev–Trinajstić information content (AvgIpc) is 3.03. The Morgan fingerprint density at radius 3 is 2.72 bits per heavy atom. The predicted molar refractivity (Wildman–Crippen MR) is 99.4 cm³/mol. The number of aromatic nitrogens is 4. The van der Waals surface area contributed by atoms with E-state index in [1.165, 1.54) is 23.1 Å². The molecule has 0 saturated carbocycles. The Morgan fingerprint density at radius 1 is 1.24 bits per heavy atom. The number of anilines is 1. The topological polar surface area (TPSA) is 101 Å². The van der Waals surface area contributed by atoms with Crippen molar-refractivity contribution in [3.8, 4) is 0 Å². The molecule has 1 aliphatic rings. The molecule has 9 heteroatoms. The van der Waals surface area contributed by atoms with Gasteiger partial charge in [0.15, 0.2) is 5.16 Å². The smallest absolute Gasteiger partial charge is 0.254 e. The van der Waals surface area contributed by atoms with E-state index >= 15 is 0 Å². The molecule has 0 bridgehead atoms. The summed E-state index contributed by atoms with van der Waals surface area (Å²) >= 11 is 2.63. The molecule has 1 aliphatic carbocycles. The highest BCUT2D eigenvalue weighted by Crippen LogP contribution is 2.25. The third kappa shape index (κ3) is 4.27. The number of aromatic amines is 1. The van der Waals surface area contributed by atoms with Crippen molar-refractivity contribution < 1.29 is 4.79 Å². The molecule has 3 rings (SSSR count). The third-order valence-electron chi connectivity index (χ3n) is 3.99. The number of H-pyrrole nitrogens is 1. The second kappa shape index (κ2) is 7.65. The van der Waals surface area contributed by atoms with E-state index in [1.54, 1.807) is 6.92 Å². The van der Waals surface area contributed by atoms with Crippen molar-refractivity contribution in [1.29, 1.82) is 0 Å². The SMILES string of the molecule is CC(Sc1nc2c(c(=O)[nH]1)CCCC2)C(=O)Nc1nnc(C(C)C)s1. The molecule has 0 aliphatic heterocycles. The van der Waals surface area contributed by atoms with Crippen LogP contribution in [-0.2, 0) is 17.6 Å². The highest BCUT2D eigenvalue weighted by atomic mass is 32.2. The first-order valence-corrected chi connectivity index (χ1v) is 10.1. The van der Waals surface area contributed by atoms with Crippen LogP contribution in [0, 0.1) is 0 Å². The van der Waals surface area contributed by atoms with Gasteiger partial charge in [-0.2, -0.15) is 0 Å². The molecule has 1 atom stereocenters. The number of nitrogens with one attached hydrogen (secondary N) is 2. The molecule has 1 unspecified atom stereocenters. The Kier molecular flexibility index (Phi) is 5.53. The number of amides is 1. The van der Waals surface area contributed by atoms with Gasteiger partial charge in [-0.25, -0.2) is 4.98 Å². The van der Waals surface area contributed by atoms with Crippen LogP contribution >= 0.6 is 23.1 Å². The highest BCUT2D eigenvalue weighted by molar-refractivity contribution is 8.00. The Bertz CT molecular complexity index is 830. The zero-order valence-corrected chi connectivity index (χ0v) is 16.1. The summed E-state index contributed by atoms with van der Waals surface area (Å²) in [5.74, 6) is 0.0940. The van der Waals surface area contributed by atoms with Gasteiger partial charge in [-0.15, -0.1) is 10.2 Å². The lowest BCUT2D eigenvalue weighted by Crippen LogP contribution is -2.25. The number of carbonyl (C=O) groups excluding carboxylic acids is 1. The second-order valence-corrected chi connectivity index (χ2v) is 8.69. The maximum atomic E-state index is 12.4. The van der Waals surface area contributed by atoms with Crippen LogP contribution in [0.15, 0.2) is 9.95 Å². The highest BCUT2D eigenvalue weighted by Gasteiger charge is 2.21. The Labute approximate surface area is 154 Å². The van der Waals surface area contributed by atoms with Gasteiger partial charge in [0.05, 0.1) is 10.9 Å². The molecule has 2 aromatic rings. The van der Waals surface area contributed by atoms with Crippen LogP contribution in [0.3, 0.4) is 0 Å². The van der Waals surface area contributed by atoms with Gasteiger partial charge in [0, 0.05) is 11.5 Å². The number of aryl methyl sites for hydroxylation is 1. The maximum absolute atomic E-state index is 12.4. The molecular formula is C16H21N5O2S2. The summed E-state index contributed by atoms with van der Waals surface area (Å²) in [4.78, 5) is 31.9. The average molecular weight is 380 g/mol. The Hall–Kier alpha value is -1.74. The van der Waals surface area contributed by atoms with Crippen LogP contribution in [-0.4, -0.2) is 31.3 Å². The fourth-order valence-corrected chi connectivity index (χ4v) is 4.15. The molecule has 7 nitrogen and oxygen atoms in total. The number of carbonyl (C=O) groups is 1. The van der Waals surface area contributed by atoms with Gasteiger partial charge in [-0.3, -0.25) is 14.9 Å². The van der Waals surface area contributed by atoms with Crippen LogP contribution in [0.1, 0.15) is 55.8 Å². The van der Waals surface area contributed by atoms with Gasteiger partial charge >= 0.3 is 0 Å². The summed E-state index contributed by atoms with van der Waals surface area (Å²) in [5.41, 5.74) is 1.59. The zero-order chi connectivity index (χ0) is 18.0. The summed E-state index contributed by atoms with van der Waals surface area (Å²) < 4.78 is 0. The van der Waals surface area contributed by atoms with Gasteiger partial charge in [-0.1, -0.05) is 36.9 Å². The Balaban J connectivity index is 1.67. The molecule has 2 N–H and O–H groups in total. The van der Waals surface area contributed by atoms with Gasteiger partial charge < -0.3 is 4.98 Å². The van der Waals surface area contributed by atoms with E-state index in [0.717, 1.165) is 41.9 Å². The van der Waals surface area contributed by atoms with Crippen molar-refractivity contribution in [2.24, 2.45) is 0 Å². The minimum absolute atomic E-state index is 0.0782. The molecule has 25 heavy (non-hydrogen) atoms. The summed E-state index contributed by atoms with van der Waals surface area (Å²) in [6.45, 7) is 5.84. The van der Waals surface area contributed by atoms with Crippen LogP contribution in [0.25, 0.3) is 0 Å². The lowest BCUT2D eigenvalue weighted by molar-refractivity contribution is -0.115. The fraction of sp³-hybridized carbons (Fsp3) is 0.562. The van der Waals surface area contributed by atoms with E-state index in [4.69, 9.17) is 0 Å². The number of hydrogen-bond donors (Lipinski definition) is 2. The number of rotatable bonds is 5. The van der Waals surface area contributed by atoms with Crippen LogP contribution in [0.5, 0.6) is 0 Å². The number of thioether (sulfide) groups is 1. The largest absolute Gasteiger partial charge is 0.301 e. The zero-order valence-electron chi connectivity index (χ0n) is 14.5. The molecule has 0 fully saturated rings. The standard InChI is InChI=1S/C16H21N5O2S2/c1-8(2)14-20-21-16(25-14)18-12(22)9(3)24-15-17-11-7-5-4-6-10(11)13(23)19-15/h8-9H,4-7H2,1-3H3,(H,17,19,23)(H,18,21,22). The van der Waals surface area contributed by atoms with E-state index in [0.29, 0.717) is 10.3 Å². The van der Waals surface area contributed by atoms with Crippen molar-refractivity contribution in [3.05, 3.63) is 26.6 Å². The first kappa shape index (κ1) is 18.1. The third-order valence-corrected chi connectivity index (χ3v) is 6.12. The first-order valence-electron chi connectivity index (χ1n) is 8.37. The second-order valence-electron chi connectivity index (χ2n) is 6.35. The molecule has 0 aromatic carbocycles. The van der Waals surface area contributed by atoms with E-state index in [9.17, 15) is 9.59 Å². The molecule has 134 valence electrons. The number of nitrogens with zero attached hydrogens (tertiary/aromatic N) is 3. The quantitative estimate of drug-likeness (QED) is 0.612. The number of hydrogen-bond acceptors (Lipinski definition) is 7. The minimum Gasteiger partial charge on any atom is -0.301 e. The van der Waals surface area contributed by atoms with Gasteiger partial charge in [0.2, 0.25) is 11.0 Å². The lowest BCUT2D eigenvalue weighted by atomic mass is 9.97. The van der Waals surface area contributed by atoms with Crippen LogP contribution in [0.4, 0.5) is 5.13 Å².